The minimum atomic E-state index is -4.27. The summed E-state index contributed by atoms with van der Waals surface area (Å²) in [4.78, 5) is 9.19. The molecule has 0 amide bonds. The van der Waals surface area contributed by atoms with Gasteiger partial charge < -0.3 is 9.30 Å². The number of methoxy groups -OCH3 is 1. The maximum atomic E-state index is 14.2. The first-order valence-corrected chi connectivity index (χ1v) is 15.5. The van der Waals surface area contributed by atoms with Crippen LogP contribution in [0.1, 0.15) is 5.56 Å². The number of rotatable bonds is 8. The van der Waals surface area contributed by atoms with Gasteiger partial charge in [-0.1, -0.05) is 60.7 Å². The third kappa shape index (κ3) is 4.90. The van der Waals surface area contributed by atoms with Crippen LogP contribution in [0.25, 0.3) is 22.2 Å². The molecule has 0 spiro atoms. The van der Waals surface area contributed by atoms with E-state index in [1.165, 1.54) is 24.3 Å². The molecule has 0 atom stereocenters. The Morgan fingerprint density at radius 3 is 1.88 bits per heavy atom. The van der Waals surface area contributed by atoms with Gasteiger partial charge in [0.25, 0.3) is 10.0 Å². The summed E-state index contributed by atoms with van der Waals surface area (Å²) in [6.45, 7) is 0.102. The van der Waals surface area contributed by atoms with E-state index < -0.39 is 19.9 Å². The molecular formula is C30H24N4O5S2. The molecule has 1 N–H and O–H groups in total. The molecule has 0 bridgehead atoms. The van der Waals surface area contributed by atoms with Crippen LogP contribution in [0.3, 0.4) is 0 Å². The fourth-order valence-corrected chi connectivity index (χ4v) is 7.32. The normalized spacial score (nSPS) is 12.0. The van der Waals surface area contributed by atoms with E-state index in [1.54, 1.807) is 84.5 Å². The van der Waals surface area contributed by atoms with Gasteiger partial charge in [0.05, 0.1) is 34.5 Å². The van der Waals surface area contributed by atoms with E-state index in [0.29, 0.717) is 16.8 Å². The number of ether oxygens (including phenoxy) is 1. The molecule has 0 saturated carbocycles. The van der Waals surface area contributed by atoms with Gasteiger partial charge in [0.2, 0.25) is 9.84 Å². The zero-order valence-corrected chi connectivity index (χ0v) is 23.4. The summed E-state index contributed by atoms with van der Waals surface area (Å²) in [5, 5.41) is 0. The quantitative estimate of drug-likeness (QED) is 0.259. The van der Waals surface area contributed by atoms with Gasteiger partial charge in [-0.25, -0.2) is 26.8 Å². The number of hydrogen-bond donors (Lipinski definition) is 1. The van der Waals surface area contributed by atoms with Gasteiger partial charge >= 0.3 is 0 Å². The zero-order chi connectivity index (χ0) is 28.6. The van der Waals surface area contributed by atoms with Crippen LogP contribution in [0.15, 0.2) is 124 Å². The third-order valence-corrected chi connectivity index (χ3v) is 9.79. The van der Waals surface area contributed by atoms with E-state index in [1.807, 2.05) is 12.1 Å². The number of hydrogen-bond acceptors (Lipinski definition) is 7. The number of para-hydroxylation sites is 2. The van der Waals surface area contributed by atoms with E-state index in [9.17, 15) is 16.8 Å². The smallest absolute Gasteiger partial charge is 0.263 e. The first kappa shape index (κ1) is 26.5. The second kappa shape index (κ2) is 10.3. The molecule has 206 valence electrons. The average Bonchev–Trinajstić information content (AvgIpc) is 3.28. The van der Waals surface area contributed by atoms with Gasteiger partial charge in [-0.2, -0.15) is 0 Å². The molecule has 6 rings (SSSR count). The lowest BCUT2D eigenvalue weighted by Gasteiger charge is -2.15. The maximum absolute atomic E-state index is 14.2. The van der Waals surface area contributed by atoms with Crippen molar-refractivity contribution in [2.24, 2.45) is 0 Å². The number of nitrogens with one attached hydrogen (secondary N) is 1. The minimum Gasteiger partial charge on any atom is -0.497 e. The summed E-state index contributed by atoms with van der Waals surface area (Å²) in [6, 6.07) is 29.9. The maximum Gasteiger partial charge on any atom is 0.263 e. The summed E-state index contributed by atoms with van der Waals surface area (Å²) < 4.78 is 65.2. The summed E-state index contributed by atoms with van der Waals surface area (Å²) >= 11 is 0. The molecule has 9 nitrogen and oxygen atoms in total. The first-order chi connectivity index (χ1) is 19.8. The van der Waals surface area contributed by atoms with Crippen molar-refractivity contribution in [3.05, 3.63) is 115 Å². The number of sulfonamides is 1. The van der Waals surface area contributed by atoms with Gasteiger partial charge in [-0.3, -0.25) is 4.72 Å². The Morgan fingerprint density at radius 2 is 1.27 bits per heavy atom. The molecule has 0 aliphatic carbocycles. The Bertz CT molecular complexity index is 2100. The Kier molecular flexibility index (Phi) is 6.68. The van der Waals surface area contributed by atoms with Crippen molar-refractivity contribution in [2.75, 3.05) is 11.8 Å². The molecule has 0 radical (unpaired) electrons. The molecule has 2 aromatic heterocycles. The number of fused-ring (bicyclic) bond motifs is 2. The largest absolute Gasteiger partial charge is 0.497 e. The Hall–Kier alpha value is -4.74. The number of anilines is 1. The SMILES string of the molecule is COc1ccc(Cn2c(NS(=O)(=O)c3ccccc3)c(S(=O)(=O)c3ccccc3)c3nc4ccccc4nc32)cc1. The van der Waals surface area contributed by atoms with Crippen molar-refractivity contribution >= 4 is 47.9 Å². The van der Waals surface area contributed by atoms with E-state index in [2.05, 4.69) is 4.72 Å². The number of aromatic nitrogens is 3. The van der Waals surface area contributed by atoms with Crippen LogP contribution < -0.4 is 9.46 Å². The van der Waals surface area contributed by atoms with Crippen molar-refractivity contribution in [3.63, 3.8) is 0 Å². The lowest BCUT2D eigenvalue weighted by Crippen LogP contribution is -2.18. The van der Waals surface area contributed by atoms with E-state index in [-0.39, 0.29) is 38.2 Å². The predicted molar refractivity (Wildman–Crippen MR) is 156 cm³/mol. The van der Waals surface area contributed by atoms with Crippen LogP contribution in [0.5, 0.6) is 5.75 Å². The lowest BCUT2D eigenvalue weighted by molar-refractivity contribution is 0.414. The minimum absolute atomic E-state index is 0.00128. The standard InChI is InChI=1S/C30H24N4O5S2/c1-39-22-18-16-21(17-19-22)20-34-29-27(31-25-14-8-9-15-26(25)32-29)28(40(35,36)23-10-4-2-5-11-23)30(34)33-41(37,38)24-12-6-3-7-13-24/h2-19,33H,20H2,1H3. The van der Waals surface area contributed by atoms with Crippen LogP contribution >= 0.6 is 0 Å². The van der Waals surface area contributed by atoms with Crippen LogP contribution in [0.4, 0.5) is 5.82 Å². The van der Waals surface area contributed by atoms with Crippen LogP contribution in [0.2, 0.25) is 0 Å². The van der Waals surface area contributed by atoms with Crippen LogP contribution in [-0.4, -0.2) is 38.5 Å². The molecular weight excluding hydrogens is 560 g/mol. The molecule has 6 aromatic rings. The Morgan fingerprint density at radius 1 is 0.707 bits per heavy atom. The van der Waals surface area contributed by atoms with Crippen LogP contribution in [0, 0.1) is 0 Å². The highest BCUT2D eigenvalue weighted by Gasteiger charge is 2.33. The number of benzene rings is 4. The summed E-state index contributed by atoms with van der Waals surface area (Å²) in [5.74, 6) is 0.494. The molecule has 2 heterocycles. The van der Waals surface area contributed by atoms with Crippen molar-refractivity contribution in [2.45, 2.75) is 21.2 Å². The highest BCUT2D eigenvalue weighted by molar-refractivity contribution is 7.93. The molecule has 0 fully saturated rings. The topological polar surface area (TPSA) is 120 Å². The summed E-state index contributed by atoms with van der Waals surface area (Å²) in [6.07, 6.45) is 0. The molecule has 11 heteroatoms. The second-order valence-corrected chi connectivity index (χ2v) is 12.8. The Labute approximate surface area is 237 Å². The highest BCUT2D eigenvalue weighted by atomic mass is 32.2. The van der Waals surface area contributed by atoms with Crippen molar-refractivity contribution in [1.82, 2.24) is 14.5 Å². The molecule has 0 aliphatic rings. The highest BCUT2D eigenvalue weighted by Crippen LogP contribution is 2.38. The molecule has 0 saturated heterocycles. The zero-order valence-electron chi connectivity index (χ0n) is 21.8. The van der Waals surface area contributed by atoms with E-state index in [4.69, 9.17) is 14.7 Å². The summed E-state index contributed by atoms with van der Waals surface area (Å²) in [7, 11) is -6.92. The number of sulfone groups is 1. The van der Waals surface area contributed by atoms with Gasteiger partial charge in [0.15, 0.2) is 5.65 Å². The lowest BCUT2D eigenvalue weighted by atomic mass is 10.2. The van der Waals surface area contributed by atoms with Crippen LogP contribution in [-0.2, 0) is 26.4 Å². The molecule has 0 unspecified atom stereocenters. The van der Waals surface area contributed by atoms with Gasteiger partial charge in [-0.15, -0.1) is 0 Å². The van der Waals surface area contributed by atoms with Gasteiger partial charge in [-0.05, 0) is 54.1 Å². The monoisotopic (exact) mass is 584 g/mol. The van der Waals surface area contributed by atoms with Gasteiger partial charge in [0, 0.05) is 0 Å². The fraction of sp³-hybridized carbons (Fsp3) is 0.0667. The van der Waals surface area contributed by atoms with Crippen molar-refractivity contribution in [3.8, 4) is 5.75 Å². The van der Waals surface area contributed by atoms with Crippen molar-refractivity contribution in [1.29, 1.82) is 0 Å². The third-order valence-electron chi connectivity index (χ3n) is 6.61. The summed E-state index contributed by atoms with van der Waals surface area (Å²) in [5.41, 5.74) is 2.06. The molecule has 4 aromatic carbocycles. The van der Waals surface area contributed by atoms with Gasteiger partial charge in [0.1, 0.15) is 22.0 Å². The second-order valence-electron chi connectivity index (χ2n) is 9.23. The van der Waals surface area contributed by atoms with E-state index in [0.717, 1.165) is 5.56 Å². The first-order valence-electron chi connectivity index (χ1n) is 12.6. The average molecular weight is 585 g/mol. The molecule has 41 heavy (non-hydrogen) atoms. The fourth-order valence-electron chi connectivity index (χ4n) is 4.60. The van der Waals surface area contributed by atoms with Crippen molar-refractivity contribution < 1.29 is 21.6 Å². The predicted octanol–water partition coefficient (Wildman–Crippen LogP) is 5.28. The van der Waals surface area contributed by atoms with E-state index >= 15 is 0 Å². The molecule has 0 aliphatic heterocycles. The Balaban J connectivity index is 1.68. The number of nitrogens with zero attached hydrogens (tertiary/aromatic N) is 3.